The normalized spacial score (nSPS) is 13.9. The van der Waals surface area contributed by atoms with Crippen LogP contribution in [0.4, 0.5) is 11.6 Å². The lowest BCUT2D eigenvalue weighted by molar-refractivity contribution is 0.312. The Hall–Kier alpha value is -2.57. The van der Waals surface area contributed by atoms with Crippen molar-refractivity contribution in [3.63, 3.8) is 0 Å². The molecule has 0 radical (unpaired) electrons. The Morgan fingerprint density at radius 1 is 1.37 bits per heavy atom. The maximum atomic E-state index is 5.25. The van der Waals surface area contributed by atoms with E-state index in [-0.39, 0.29) is 0 Å². The van der Waals surface area contributed by atoms with Crippen LogP contribution in [0.5, 0.6) is 0 Å². The van der Waals surface area contributed by atoms with Crippen LogP contribution in [0.3, 0.4) is 0 Å². The Morgan fingerprint density at radius 3 is 2.96 bits per heavy atom. The van der Waals surface area contributed by atoms with E-state index in [1.54, 1.807) is 31.3 Å². The lowest BCUT2D eigenvalue weighted by Crippen LogP contribution is -2.05. The van der Waals surface area contributed by atoms with Gasteiger partial charge in [0.2, 0.25) is 5.95 Å². The number of allylic oxidation sites excluding steroid dienone is 3. The SMILES string of the molecule is C=C/C=C(\C(=C)OC)c1ccnc(Nc2cccc(CSNC3CC3)c2)n1. The summed E-state index contributed by atoms with van der Waals surface area (Å²) in [6, 6.07) is 10.8. The van der Waals surface area contributed by atoms with Crippen LogP contribution in [0.1, 0.15) is 24.1 Å². The minimum Gasteiger partial charge on any atom is -0.497 e. The average Bonchev–Trinajstić information content (AvgIpc) is 3.50. The highest BCUT2D eigenvalue weighted by Crippen LogP contribution is 2.25. The van der Waals surface area contributed by atoms with Gasteiger partial charge in [-0.1, -0.05) is 43.3 Å². The van der Waals surface area contributed by atoms with E-state index in [4.69, 9.17) is 4.74 Å². The molecular formula is C21H24N4OS. The van der Waals surface area contributed by atoms with Gasteiger partial charge in [-0.2, -0.15) is 0 Å². The largest absolute Gasteiger partial charge is 0.497 e. The van der Waals surface area contributed by atoms with Crippen molar-refractivity contribution < 1.29 is 4.74 Å². The molecule has 2 aromatic rings. The average molecular weight is 381 g/mol. The fraction of sp³-hybridized carbons (Fsp3) is 0.238. The van der Waals surface area contributed by atoms with Gasteiger partial charge in [0, 0.05) is 29.3 Å². The second kappa shape index (κ2) is 9.39. The summed E-state index contributed by atoms with van der Waals surface area (Å²) in [5, 5.41) is 3.27. The zero-order valence-electron chi connectivity index (χ0n) is 15.4. The molecule has 1 fully saturated rings. The third-order valence-electron chi connectivity index (χ3n) is 4.01. The van der Waals surface area contributed by atoms with Crippen molar-refractivity contribution in [3.8, 4) is 0 Å². The Labute approximate surface area is 164 Å². The predicted molar refractivity (Wildman–Crippen MR) is 114 cm³/mol. The monoisotopic (exact) mass is 380 g/mol. The van der Waals surface area contributed by atoms with Crippen molar-refractivity contribution in [2.24, 2.45) is 0 Å². The molecule has 0 atom stereocenters. The number of nitrogens with zero attached hydrogens (tertiary/aromatic N) is 2. The first kappa shape index (κ1) is 19.2. The van der Waals surface area contributed by atoms with Crippen molar-refractivity contribution in [1.82, 2.24) is 14.7 Å². The van der Waals surface area contributed by atoms with Crippen LogP contribution >= 0.6 is 11.9 Å². The molecule has 6 heteroatoms. The summed E-state index contributed by atoms with van der Waals surface area (Å²) in [6.45, 7) is 7.65. The molecule has 0 amide bonds. The molecule has 1 saturated carbocycles. The zero-order valence-corrected chi connectivity index (χ0v) is 16.3. The van der Waals surface area contributed by atoms with Crippen LogP contribution in [0.15, 0.2) is 67.6 Å². The number of rotatable bonds is 10. The minimum absolute atomic E-state index is 0.521. The quantitative estimate of drug-likeness (QED) is 0.349. The van der Waals surface area contributed by atoms with Crippen LogP contribution in [-0.4, -0.2) is 23.1 Å². The van der Waals surface area contributed by atoms with Gasteiger partial charge in [0.25, 0.3) is 0 Å². The van der Waals surface area contributed by atoms with Gasteiger partial charge in [0.1, 0.15) is 5.76 Å². The van der Waals surface area contributed by atoms with Gasteiger partial charge in [0.05, 0.1) is 12.8 Å². The molecule has 1 aromatic heterocycles. The first-order chi connectivity index (χ1) is 13.2. The highest BCUT2D eigenvalue weighted by molar-refractivity contribution is 7.96. The van der Waals surface area contributed by atoms with Crippen molar-refractivity contribution in [2.45, 2.75) is 24.6 Å². The molecule has 140 valence electrons. The van der Waals surface area contributed by atoms with E-state index in [9.17, 15) is 0 Å². The predicted octanol–water partition coefficient (Wildman–Crippen LogP) is 4.85. The van der Waals surface area contributed by atoms with E-state index < -0.39 is 0 Å². The first-order valence-electron chi connectivity index (χ1n) is 8.82. The smallest absolute Gasteiger partial charge is 0.227 e. The second-order valence-corrected chi connectivity index (χ2v) is 7.03. The number of aromatic nitrogens is 2. The summed E-state index contributed by atoms with van der Waals surface area (Å²) in [6.07, 6.45) is 7.80. The fourth-order valence-electron chi connectivity index (χ4n) is 2.43. The van der Waals surface area contributed by atoms with Crippen LogP contribution < -0.4 is 10.0 Å². The molecule has 0 bridgehead atoms. The summed E-state index contributed by atoms with van der Waals surface area (Å²) in [5.41, 5.74) is 3.69. The number of benzene rings is 1. The van der Waals surface area contributed by atoms with Gasteiger partial charge < -0.3 is 10.1 Å². The molecular weight excluding hydrogens is 356 g/mol. The summed E-state index contributed by atoms with van der Waals surface area (Å²) in [5.74, 6) is 1.97. The van der Waals surface area contributed by atoms with Crippen LogP contribution in [0, 0.1) is 0 Å². The van der Waals surface area contributed by atoms with Crippen LogP contribution in [0.25, 0.3) is 5.57 Å². The maximum absolute atomic E-state index is 5.25. The van der Waals surface area contributed by atoms with Gasteiger partial charge in [-0.15, -0.1) is 0 Å². The van der Waals surface area contributed by atoms with Crippen molar-refractivity contribution >= 4 is 29.2 Å². The number of hydrogen-bond donors (Lipinski definition) is 2. The Kier molecular flexibility index (Phi) is 6.68. The van der Waals surface area contributed by atoms with E-state index in [1.807, 2.05) is 24.3 Å². The third kappa shape index (κ3) is 5.70. The van der Waals surface area contributed by atoms with E-state index in [1.165, 1.54) is 18.4 Å². The van der Waals surface area contributed by atoms with E-state index in [2.05, 4.69) is 45.3 Å². The summed E-state index contributed by atoms with van der Waals surface area (Å²) < 4.78 is 8.71. The third-order valence-corrected chi connectivity index (χ3v) is 4.99. The Bertz CT molecular complexity index is 846. The van der Waals surface area contributed by atoms with E-state index in [0.29, 0.717) is 17.7 Å². The van der Waals surface area contributed by atoms with Gasteiger partial charge >= 0.3 is 0 Å². The first-order valence-corrected chi connectivity index (χ1v) is 9.81. The highest BCUT2D eigenvalue weighted by Gasteiger charge is 2.20. The topological polar surface area (TPSA) is 59.1 Å². The molecule has 2 N–H and O–H groups in total. The number of anilines is 2. The highest BCUT2D eigenvalue weighted by atomic mass is 32.2. The fourth-order valence-corrected chi connectivity index (χ4v) is 3.33. The molecule has 0 spiro atoms. The molecule has 1 aliphatic carbocycles. The Balaban J connectivity index is 1.70. The minimum atomic E-state index is 0.521. The molecule has 27 heavy (non-hydrogen) atoms. The van der Waals surface area contributed by atoms with Gasteiger partial charge in [-0.25, -0.2) is 9.97 Å². The molecule has 0 aliphatic heterocycles. The van der Waals surface area contributed by atoms with Crippen LogP contribution in [0.2, 0.25) is 0 Å². The van der Waals surface area contributed by atoms with Crippen molar-refractivity contribution in [1.29, 1.82) is 0 Å². The molecule has 1 heterocycles. The van der Waals surface area contributed by atoms with Gasteiger partial charge in [-0.05, 0) is 42.7 Å². The van der Waals surface area contributed by atoms with Gasteiger partial charge in [-0.3, -0.25) is 4.72 Å². The number of hydrogen-bond acceptors (Lipinski definition) is 6. The number of ether oxygens (including phenoxy) is 1. The molecule has 1 aromatic carbocycles. The van der Waals surface area contributed by atoms with E-state index >= 15 is 0 Å². The molecule has 0 unspecified atom stereocenters. The lowest BCUT2D eigenvalue weighted by atomic mass is 10.1. The molecule has 1 aliphatic rings. The molecule has 5 nitrogen and oxygen atoms in total. The summed E-state index contributed by atoms with van der Waals surface area (Å²) >= 11 is 1.76. The summed E-state index contributed by atoms with van der Waals surface area (Å²) in [4.78, 5) is 8.90. The van der Waals surface area contributed by atoms with Gasteiger partial charge in [0.15, 0.2) is 0 Å². The maximum Gasteiger partial charge on any atom is 0.227 e. The standard InChI is InChI=1S/C21H24N4OS/c1-4-6-19(15(2)26-3)20-11-12-22-21(24-20)23-18-8-5-7-16(13-18)14-27-25-17-9-10-17/h4-8,11-13,17,25H,1-2,9-10,14H2,3H3,(H,22,23,24)/b19-6+. The van der Waals surface area contributed by atoms with Crippen molar-refractivity contribution in [3.05, 3.63) is 78.9 Å². The lowest BCUT2D eigenvalue weighted by Gasteiger charge is -2.11. The number of methoxy groups -OCH3 is 1. The van der Waals surface area contributed by atoms with E-state index in [0.717, 1.165) is 22.7 Å². The molecule has 0 saturated heterocycles. The second-order valence-electron chi connectivity index (χ2n) is 6.22. The zero-order chi connectivity index (χ0) is 19.1. The number of nitrogens with one attached hydrogen (secondary N) is 2. The molecule has 3 rings (SSSR count). The summed E-state index contributed by atoms with van der Waals surface area (Å²) in [7, 11) is 1.58. The van der Waals surface area contributed by atoms with Crippen LogP contribution in [-0.2, 0) is 10.5 Å². The van der Waals surface area contributed by atoms with Crippen molar-refractivity contribution in [2.75, 3.05) is 12.4 Å². The Morgan fingerprint density at radius 2 is 2.22 bits per heavy atom.